The van der Waals surface area contributed by atoms with Gasteiger partial charge in [0, 0.05) is 17.8 Å². The number of benzene rings is 1. The first-order valence-corrected chi connectivity index (χ1v) is 5.34. The number of halogens is 2. The Labute approximate surface area is 103 Å². The van der Waals surface area contributed by atoms with Crippen molar-refractivity contribution in [3.63, 3.8) is 0 Å². The van der Waals surface area contributed by atoms with Crippen LogP contribution in [0.3, 0.4) is 0 Å². The SMILES string of the molecule is C[C@@H](O)c1cccnc1Oc1cc(F)ccc1F. The molecule has 0 saturated heterocycles. The quantitative estimate of drug-likeness (QED) is 0.910. The summed E-state index contributed by atoms with van der Waals surface area (Å²) in [5.41, 5.74) is 0.404. The van der Waals surface area contributed by atoms with Crippen LogP contribution in [0.4, 0.5) is 8.78 Å². The lowest BCUT2D eigenvalue weighted by Crippen LogP contribution is -1.99. The van der Waals surface area contributed by atoms with Crippen LogP contribution in [0.1, 0.15) is 18.6 Å². The van der Waals surface area contributed by atoms with E-state index in [1.165, 1.54) is 13.1 Å². The van der Waals surface area contributed by atoms with Crippen molar-refractivity contribution in [1.29, 1.82) is 0 Å². The maximum atomic E-state index is 13.4. The van der Waals surface area contributed by atoms with Gasteiger partial charge in [-0.05, 0) is 31.2 Å². The van der Waals surface area contributed by atoms with E-state index in [0.717, 1.165) is 18.2 Å². The molecule has 2 aromatic rings. The molecule has 0 unspecified atom stereocenters. The zero-order valence-corrected chi connectivity index (χ0v) is 9.60. The molecule has 0 aliphatic heterocycles. The van der Waals surface area contributed by atoms with E-state index in [1.54, 1.807) is 12.1 Å². The lowest BCUT2D eigenvalue weighted by molar-refractivity contribution is 0.194. The number of pyridine rings is 1. The van der Waals surface area contributed by atoms with Gasteiger partial charge in [0.15, 0.2) is 11.6 Å². The Kier molecular flexibility index (Phi) is 3.53. The molecular formula is C13H11F2NO2. The highest BCUT2D eigenvalue weighted by molar-refractivity contribution is 5.34. The Bertz CT molecular complexity index is 558. The predicted molar refractivity (Wildman–Crippen MR) is 61.3 cm³/mol. The second-order valence-electron chi connectivity index (χ2n) is 3.75. The number of hydrogen-bond donors (Lipinski definition) is 1. The second-order valence-corrected chi connectivity index (χ2v) is 3.75. The van der Waals surface area contributed by atoms with Gasteiger partial charge in [-0.25, -0.2) is 13.8 Å². The molecule has 1 atom stereocenters. The molecule has 94 valence electrons. The van der Waals surface area contributed by atoms with E-state index in [0.29, 0.717) is 5.56 Å². The molecule has 1 heterocycles. The van der Waals surface area contributed by atoms with Gasteiger partial charge in [0.1, 0.15) is 5.82 Å². The predicted octanol–water partition coefficient (Wildman–Crippen LogP) is 3.21. The van der Waals surface area contributed by atoms with Crippen LogP contribution in [-0.4, -0.2) is 10.1 Å². The third-order valence-corrected chi connectivity index (χ3v) is 2.35. The smallest absolute Gasteiger partial charge is 0.225 e. The van der Waals surface area contributed by atoms with Gasteiger partial charge in [-0.3, -0.25) is 0 Å². The van der Waals surface area contributed by atoms with Crippen molar-refractivity contribution in [1.82, 2.24) is 4.98 Å². The molecule has 0 aliphatic rings. The molecule has 0 amide bonds. The molecule has 0 fully saturated rings. The van der Waals surface area contributed by atoms with Gasteiger partial charge in [-0.2, -0.15) is 0 Å². The minimum absolute atomic E-state index is 0.0528. The average Bonchev–Trinajstić information content (AvgIpc) is 2.34. The van der Waals surface area contributed by atoms with E-state index in [-0.39, 0.29) is 11.6 Å². The van der Waals surface area contributed by atoms with Gasteiger partial charge >= 0.3 is 0 Å². The minimum atomic E-state index is -0.815. The van der Waals surface area contributed by atoms with Crippen LogP contribution in [0.2, 0.25) is 0 Å². The van der Waals surface area contributed by atoms with Gasteiger partial charge in [0.25, 0.3) is 0 Å². The summed E-state index contributed by atoms with van der Waals surface area (Å²) in [7, 11) is 0. The minimum Gasteiger partial charge on any atom is -0.435 e. The summed E-state index contributed by atoms with van der Waals surface area (Å²) in [5, 5.41) is 9.52. The molecule has 1 aromatic carbocycles. The first-order valence-electron chi connectivity index (χ1n) is 5.34. The largest absolute Gasteiger partial charge is 0.435 e. The molecule has 0 bridgehead atoms. The van der Waals surface area contributed by atoms with E-state index in [2.05, 4.69) is 4.98 Å². The third kappa shape index (κ3) is 2.62. The van der Waals surface area contributed by atoms with Crippen molar-refractivity contribution >= 4 is 0 Å². The number of aliphatic hydroxyl groups excluding tert-OH is 1. The van der Waals surface area contributed by atoms with E-state index in [4.69, 9.17) is 4.74 Å². The van der Waals surface area contributed by atoms with Gasteiger partial charge in [0.2, 0.25) is 5.88 Å². The summed E-state index contributed by atoms with van der Waals surface area (Å²) >= 11 is 0. The second kappa shape index (κ2) is 5.10. The lowest BCUT2D eigenvalue weighted by Gasteiger charge is -2.11. The fourth-order valence-corrected chi connectivity index (χ4v) is 1.47. The molecule has 0 aliphatic carbocycles. The lowest BCUT2D eigenvalue weighted by atomic mass is 10.2. The molecule has 5 heteroatoms. The Hall–Kier alpha value is -2.01. The molecule has 2 rings (SSSR count). The molecule has 18 heavy (non-hydrogen) atoms. The van der Waals surface area contributed by atoms with Gasteiger partial charge in [0.05, 0.1) is 6.10 Å². The maximum absolute atomic E-state index is 13.4. The van der Waals surface area contributed by atoms with E-state index < -0.39 is 17.7 Å². The van der Waals surface area contributed by atoms with Crippen molar-refractivity contribution in [2.75, 3.05) is 0 Å². The normalized spacial score (nSPS) is 12.2. The first-order chi connectivity index (χ1) is 8.58. The summed E-state index contributed by atoms with van der Waals surface area (Å²) in [6.07, 6.45) is 0.628. The van der Waals surface area contributed by atoms with Crippen LogP contribution in [0.15, 0.2) is 36.5 Å². The van der Waals surface area contributed by atoms with E-state index >= 15 is 0 Å². The maximum Gasteiger partial charge on any atom is 0.225 e. The summed E-state index contributed by atoms with van der Waals surface area (Å²) in [6.45, 7) is 1.53. The van der Waals surface area contributed by atoms with Crippen LogP contribution in [0.5, 0.6) is 11.6 Å². The monoisotopic (exact) mass is 251 g/mol. The number of hydrogen-bond acceptors (Lipinski definition) is 3. The van der Waals surface area contributed by atoms with Crippen LogP contribution in [0.25, 0.3) is 0 Å². The molecule has 0 radical (unpaired) electrons. The number of aliphatic hydroxyl groups is 1. The Morgan fingerprint density at radius 3 is 2.78 bits per heavy atom. The topological polar surface area (TPSA) is 42.4 Å². The van der Waals surface area contributed by atoms with Gasteiger partial charge in [-0.1, -0.05) is 0 Å². The van der Waals surface area contributed by atoms with Crippen molar-refractivity contribution in [3.8, 4) is 11.6 Å². The number of ether oxygens (including phenoxy) is 1. The highest BCUT2D eigenvalue weighted by Gasteiger charge is 2.13. The van der Waals surface area contributed by atoms with Crippen molar-refractivity contribution < 1.29 is 18.6 Å². The summed E-state index contributed by atoms with van der Waals surface area (Å²) in [6, 6.07) is 6.11. The van der Waals surface area contributed by atoms with E-state index in [9.17, 15) is 13.9 Å². The average molecular weight is 251 g/mol. The Morgan fingerprint density at radius 1 is 1.28 bits per heavy atom. The van der Waals surface area contributed by atoms with Crippen LogP contribution >= 0.6 is 0 Å². The highest BCUT2D eigenvalue weighted by atomic mass is 19.1. The zero-order valence-electron chi connectivity index (χ0n) is 9.60. The standard InChI is InChI=1S/C13H11F2NO2/c1-8(17)10-3-2-6-16-13(10)18-12-7-9(14)4-5-11(12)15/h2-8,17H,1H3/t8-/m1/s1. The van der Waals surface area contributed by atoms with Crippen LogP contribution in [0, 0.1) is 11.6 Å². The molecule has 1 aromatic heterocycles. The van der Waals surface area contributed by atoms with Crippen LogP contribution < -0.4 is 4.74 Å². The molecule has 0 spiro atoms. The molecule has 1 N–H and O–H groups in total. The third-order valence-electron chi connectivity index (χ3n) is 2.35. The first kappa shape index (κ1) is 12.4. The fraction of sp³-hybridized carbons (Fsp3) is 0.154. The summed E-state index contributed by atoms with van der Waals surface area (Å²) in [4.78, 5) is 3.89. The summed E-state index contributed by atoms with van der Waals surface area (Å²) in [5.74, 6) is -1.52. The summed E-state index contributed by atoms with van der Waals surface area (Å²) < 4.78 is 31.6. The van der Waals surface area contributed by atoms with Crippen LogP contribution in [-0.2, 0) is 0 Å². The fourth-order valence-electron chi connectivity index (χ4n) is 1.47. The molecular weight excluding hydrogens is 240 g/mol. The number of aromatic nitrogens is 1. The number of rotatable bonds is 3. The zero-order chi connectivity index (χ0) is 13.1. The number of nitrogens with zero attached hydrogens (tertiary/aromatic N) is 1. The molecule has 0 saturated carbocycles. The molecule has 3 nitrogen and oxygen atoms in total. The van der Waals surface area contributed by atoms with Crippen molar-refractivity contribution in [2.45, 2.75) is 13.0 Å². The Morgan fingerprint density at radius 2 is 2.06 bits per heavy atom. The highest BCUT2D eigenvalue weighted by Crippen LogP contribution is 2.29. The Balaban J connectivity index is 2.37. The van der Waals surface area contributed by atoms with Crippen molar-refractivity contribution in [2.24, 2.45) is 0 Å². The van der Waals surface area contributed by atoms with E-state index in [1.807, 2.05) is 0 Å². The van der Waals surface area contributed by atoms with Crippen molar-refractivity contribution in [3.05, 3.63) is 53.7 Å². The van der Waals surface area contributed by atoms with Gasteiger partial charge in [-0.15, -0.1) is 0 Å². The van der Waals surface area contributed by atoms with Gasteiger partial charge < -0.3 is 9.84 Å².